The molecule has 0 N–H and O–H groups in total. The van der Waals surface area contributed by atoms with E-state index in [1.807, 2.05) is 31.2 Å². The highest BCUT2D eigenvalue weighted by Crippen LogP contribution is 2.17. The molecule has 0 radical (unpaired) electrons. The van der Waals surface area contributed by atoms with Gasteiger partial charge < -0.3 is 0 Å². The largest absolute Gasteiger partial charge is 0.269 e. The molecule has 15 heavy (non-hydrogen) atoms. The molecule has 0 fully saturated rings. The molecular formula is C10H14O3S2. The molecule has 0 spiro atoms. The van der Waals surface area contributed by atoms with Crippen molar-refractivity contribution in [1.29, 1.82) is 0 Å². The summed E-state index contributed by atoms with van der Waals surface area (Å²) in [5.74, 6) is 0.635. The fourth-order valence-electron chi connectivity index (χ4n) is 0.979. The van der Waals surface area contributed by atoms with Gasteiger partial charge in [-0.2, -0.15) is 8.42 Å². The Balaban J connectivity index is 2.29. The van der Waals surface area contributed by atoms with E-state index in [2.05, 4.69) is 4.18 Å². The Morgan fingerprint density at radius 2 is 1.87 bits per heavy atom. The molecule has 0 saturated heterocycles. The van der Waals surface area contributed by atoms with Gasteiger partial charge in [0.15, 0.2) is 0 Å². The number of hydrogen-bond donors (Lipinski definition) is 0. The monoisotopic (exact) mass is 246 g/mol. The first kappa shape index (κ1) is 12.5. The summed E-state index contributed by atoms with van der Waals surface area (Å²) >= 11 is 1.58. The summed E-state index contributed by atoms with van der Waals surface area (Å²) in [6, 6.07) is 8.08. The van der Waals surface area contributed by atoms with Gasteiger partial charge in [0.25, 0.3) is 10.1 Å². The van der Waals surface area contributed by atoms with Gasteiger partial charge in [0.1, 0.15) is 0 Å². The van der Waals surface area contributed by atoms with Crippen LogP contribution in [0.5, 0.6) is 0 Å². The Morgan fingerprint density at radius 1 is 1.27 bits per heavy atom. The Hall–Kier alpha value is -0.520. The summed E-state index contributed by atoms with van der Waals surface area (Å²) in [4.78, 5) is 1.12. The van der Waals surface area contributed by atoms with Gasteiger partial charge in [0.2, 0.25) is 0 Å². The minimum atomic E-state index is -3.30. The molecule has 3 nitrogen and oxygen atoms in total. The second-order valence-corrected chi connectivity index (χ2v) is 6.00. The average molecular weight is 246 g/mol. The van der Waals surface area contributed by atoms with E-state index in [0.29, 0.717) is 5.75 Å². The zero-order chi connectivity index (χ0) is 11.3. The van der Waals surface area contributed by atoms with Gasteiger partial charge >= 0.3 is 0 Å². The van der Waals surface area contributed by atoms with E-state index in [1.165, 1.54) is 5.56 Å². The first-order valence-corrected chi connectivity index (χ1v) is 7.31. The molecule has 0 heterocycles. The molecule has 1 aromatic rings. The first-order chi connectivity index (χ1) is 6.97. The van der Waals surface area contributed by atoms with Crippen LogP contribution in [0, 0.1) is 6.92 Å². The molecule has 0 saturated carbocycles. The SMILES string of the molecule is Cc1ccc(SCCOS(C)(=O)=O)cc1. The molecule has 0 amide bonds. The van der Waals surface area contributed by atoms with Crippen LogP contribution in [0.4, 0.5) is 0 Å². The molecule has 0 aliphatic heterocycles. The lowest BCUT2D eigenvalue weighted by Crippen LogP contribution is -2.05. The molecule has 0 atom stereocenters. The van der Waals surface area contributed by atoms with Crippen LogP contribution in [0.3, 0.4) is 0 Å². The zero-order valence-corrected chi connectivity index (χ0v) is 10.4. The maximum atomic E-state index is 10.7. The molecule has 5 heteroatoms. The Kier molecular flexibility index (Phi) is 4.63. The van der Waals surface area contributed by atoms with Crippen molar-refractivity contribution in [3.8, 4) is 0 Å². The summed E-state index contributed by atoms with van der Waals surface area (Å²) in [5, 5.41) is 0. The molecule has 0 aliphatic rings. The van der Waals surface area contributed by atoms with Crippen molar-refractivity contribution in [2.45, 2.75) is 11.8 Å². The number of rotatable bonds is 5. The number of hydrogen-bond acceptors (Lipinski definition) is 4. The molecule has 0 aromatic heterocycles. The van der Waals surface area contributed by atoms with E-state index < -0.39 is 10.1 Å². The van der Waals surface area contributed by atoms with Crippen LogP contribution >= 0.6 is 11.8 Å². The molecule has 1 rings (SSSR count). The van der Waals surface area contributed by atoms with Gasteiger partial charge in [0.05, 0.1) is 12.9 Å². The van der Waals surface area contributed by atoms with Crippen molar-refractivity contribution in [2.24, 2.45) is 0 Å². The van der Waals surface area contributed by atoms with E-state index >= 15 is 0 Å². The molecule has 0 aliphatic carbocycles. The second kappa shape index (κ2) is 5.53. The van der Waals surface area contributed by atoms with Crippen LogP contribution in [0.25, 0.3) is 0 Å². The van der Waals surface area contributed by atoms with Crippen LogP contribution in [-0.2, 0) is 14.3 Å². The smallest absolute Gasteiger partial charge is 0.264 e. The second-order valence-electron chi connectivity index (χ2n) is 3.19. The van der Waals surface area contributed by atoms with Crippen molar-refractivity contribution >= 4 is 21.9 Å². The van der Waals surface area contributed by atoms with Gasteiger partial charge in [-0.25, -0.2) is 0 Å². The topological polar surface area (TPSA) is 43.4 Å². The van der Waals surface area contributed by atoms with E-state index in [4.69, 9.17) is 0 Å². The Morgan fingerprint density at radius 3 is 2.40 bits per heavy atom. The Bertz CT molecular complexity index is 395. The normalized spacial score (nSPS) is 11.6. The molecular weight excluding hydrogens is 232 g/mol. The van der Waals surface area contributed by atoms with E-state index in [1.54, 1.807) is 11.8 Å². The number of aryl methyl sites for hydroxylation is 1. The van der Waals surface area contributed by atoms with Crippen LogP contribution < -0.4 is 0 Å². The minimum absolute atomic E-state index is 0.220. The van der Waals surface area contributed by atoms with Crippen molar-refractivity contribution in [3.05, 3.63) is 29.8 Å². The van der Waals surface area contributed by atoms with Gasteiger partial charge in [-0.15, -0.1) is 11.8 Å². The predicted octanol–water partition coefficient (Wildman–Crippen LogP) is 2.06. The molecule has 1 aromatic carbocycles. The van der Waals surface area contributed by atoms with Gasteiger partial charge in [-0.3, -0.25) is 4.18 Å². The van der Waals surface area contributed by atoms with Crippen LogP contribution in [0.1, 0.15) is 5.56 Å². The fourth-order valence-corrected chi connectivity index (χ4v) is 2.20. The third-order valence-corrected chi connectivity index (χ3v) is 3.24. The van der Waals surface area contributed by atoms with E-state index in [9.17, 15) is 8.42 Å². The van der Waals surface area contributed by atoms with Crippen molar-refractivity contribution in [2.75, 3.05) is 18.6 Å². The van der Waals surface area contributed by atoms with E-state index in [-0.39, 0.29) is 6.61 Å². The summed E-state index contributed by atoms with van der Waals surface area (Å²) < 4.78 is 25.9. The van der Waals surface area contributed by atoms with Crippen LogP contribution in [0.15, 0.2) is 29.2 Å². The van der Waals surface area contributed by atoms with Gasteiger partial charge in [-0.05, 0) is 19.1 Å². The molecule has 0 bridgehead atoms. The maximum absolute atomic E-state index is 10.7. The highest BCUT2D eigenvalue weighted by atomic mass is 32.2. The van der Waals surface area contributed by atoms with Crippen molar-refractivity contribution in [1.82, 2.24) is 0 Å². The van der Waals surface area contributed by atoms with Crippen LogP contribution in [0.2, 0.25) is 0 Å². The first-order valence-electron chi connectivity index (χ1n) is 4.51. The number of thioether (sulfide) groups is 1. The summed E-state index contributed by atoms with van der Waals surface area (Å²) in [6.07, 6.45) is 1.06. The summed E-state index contributed by atoms with van der Waals surface area (Å²) in [7, 11) is -3.30. The quantitative estimate of drug-likeness (QED) is 0.453. The third-order valence-electron chi connectivity index (χ3n) is 1.67. The standard InChI is InChI=1S/C10H14O3S2/c1-9-3-5-10(6-4-9)14-8-7-13-15(2,11)12/h3-6H,7-8H2,1-2H3. The van der Waals surface area contributed by atoms with E-state index in [0.717, 1.165) is 11.2 Å². The maximum Gasteiger partial charge on any atom is 0.264 e. The van der Waals surface area contributed by atoms with Crippen LogP contribution in [-0.4, -0.2) is 27.0 Å². The molecule has 84 valence electrons. The number of benzene rings is 1. The highest BCUT2D eigenvalue weighted by Gasteiger charge is 2.01. The average Bonchev–Trinajstić information content (AvgIpc) is 2.14. The predicted molar refractivity (Wildman–Crippen MR) is 62.7 cm³/mol. The Labute approximate surface area is 95.0 Å². The minimum Gasteiger partial charge on any atom is -0.269 e. The van der Waals surface area contributed by atoms with Gasteiger partial charge in [-0.1, -0.05) is 17.7 Å². The van der Waals surface area contributed by atoms with Crippen molar-refractivity contribution < 1.29 is 12.6 Å². The zero-order valence-electron chi connectivity index (χ0n) is 8.76. The lowest BCUT2D eigenvalue weighted by molar-refractivity contribution is 0.345. The lowest BCUT2D eigenvalue weighted by atomic mass is 10.2. The molecule has 0 unspecified atom stereocenters. The summed E-state index contributed by atoms with van der Waals surface area (Å²) in [5.41, 5.74) is 1.21. The van der Waals surface area contributed by atoms with Crippen molar-refractivity contribution in [3.63, 3.8) is 0 Å². The van der Waals surface area contributed by atoms with Gasteiger partial charge in [0, 0.05) is 10.6 Å². The third kappa shape index (κ3) is 5.81. The lowest BCUT2D eigenvalue weighted by Gasteiger charge is -2.02. The summed E-state index contributed by atoms with van der Waals surface area (Å²) in [6.45, 7) is 2.25. The fraction of sp³-hybridized carbons (Fsp3) is 0.400. The highest BCUT2D eigenvalue weighted by molar-refractivity contribution is 7.99.